The summed E-state index contributed by atoms with van der Waals surface area (Å²) < 4.78 is 24.9. The van der Waals surface area contributed by atoms with Crippen LogP contribution in [0.4, 0.5) is 8.78 Å². The Balaban J connectivity index is 4.49. The second-order valence-corrected chi connectivity index (χ2v) is 2.10. The molecule has 0 saturated carbocycles. The number of hydrogen-bond acceptors (Lipinski definition) is 0. The lowest BCUT2D eigenvalue weighted by molar-refractivity contribution is 0.634. The van der Waals surface area contributed by atoms with E-state index >= 15 is 0 Å². The van der Waals surface area contributed by atoms with E-state index in [2.05, 4.69) is 6.58 Å². The fourth-order valence-electron chi connectivity index (χ4n) is 0.622. The maximum Gasteiger partial charge on any atom is 0.119 e. The summed E-state index contributed by atoms with van der Waals surface area (Å²) in [5.41, 5.74) is 0.306. The van der Waals surface area contributed by atoms with Crippen LogP contribution in [0.2, 0.25) is 0 Å². The summed E-state index contributed by atoms with van der Waals surface area (Å²) in [5, 5.41) is 0. The van der Waals surface area contributed by atoms with E-state index < -0.39 is 11.7 Å². The van der Waals surface area contributed by atoms with Crippen LogP contribution in [0.5, 0.6) is 0 Å². The Morgan fingerprint density at radius 3 is 2.27 bits per heavy atom. The Labute approximate surface area is 65.9 Å². The van der Waals surface area contributed by atoms with Gasteiger partial charge in [-0.25, -0.2) is 8.78 Å². The average molecular weight is 158 g/mol. The Morgan fingerprint density at radius 2 is 2.00 bits per heavy atom. The van der Waals surface area contributed by atoms with Gasteiger partial charge in [-0.2, -0.15) is 0 Å². The van der Waals surface area contributed by atoms with Gasteiger partial charge >= 0.3 is 0 Å². The molecule has 0 aliphatic carbocycles. The lowest BCUT2D eigenvalue weighted by Crippen LogP contribution is -1.80. The summed E-state index contributed by atoms with van der Waals surface area (Å²) >= 11 is 0. The monoisotopic (exact) mass is 158 g/mol. The van der Waals surface area contributed by atoms with E-state index in [-0.39, 0.29) is 0 Å². The van der Waals surface area contributed by atoms with Gasteiger partial charge in [-0.1, -0.05) is 19.6 Å². The summed E-state index contributed by atoms with van der Waals surface area (Å²) in [5.74, 6) is -0.995. The van der Waals surface area contributed by atoms with E-state index in [1.54, 1.807) is 13.8 Å². The quantitative estimate of drug-likeness (QED) is 0.549. The summed E-state index contributed by atoms with van der Waals surface area (Å²) in [6.07, 6.45) is 2.89. The molecule has 0 atom stereocenters. The fourth-order valence-corrected chi connectivity index (χ4v) is 0.622. The molecule has 62 valence electrons. The zero-order chi connectivity index (χ0) is 8.85. The van der Waals surface area contributed by atoms with E-state index in [1.165, 1.54) is 6.08 Å². The highest BCUT2D eigenvalue weighted by Gasteiger charge is 1.98. The maximum absolute atomic E-state index is 12.5. The van der Waals surface area contributed by atoms with Crippen LogP contribution < -0.4 is 0 Å². The molecule has 0 spiro atoms. The summed E-state index contributed by atoms with van der Waals surface area (Å²) in [4.78, 5) is 0. The Bertz CT molecular complexity index is 200. The van der Waals surface area contributed by atoms with Crippen molar-refractivity contribution in [2.45, 2.75) is 20.3 Å². The van der Waals surface area contributed by atoms with Crippen molar-refractivity contribution < 1.29 is 8.78 Å². The normalized spacial score (nSPS) is 13.5. The first-order valence-electron chi connectivity index (χ1n) is 3.49. The van der Waals surface area contributed by atoms with Crippen molar-refractivity contribution in [3.05, 3.63) is 36.0 Å². The second kappa shape index (κ2) is 4.83. The number of halogens is 2. The molecule has 0 fully saturated rings. The topological polar surface area (TPSA) is 0 Å². The molecular formula is C9H12F2. The van der Waals surface area contributed by atoms with Gasteiger partial charge in [0.15, 0.2) is 0 Å². The zero-order valence-corrected chi connectivity index (χ0v) is 6.82. The molecule has 0 bridgehead atoms. The fraction of sp³-hybridized carbons (Fsp3) is 0.333. The van der Waals surface area contributed by atoms with Gasteiger partial charge in [-0.3, -0.25) is 0 Å². The summed E-state index contributed by atoms with van der Waals surface area (Å²) in [7, 11) is 0. The standard InChI is InChI=1S/C9H12F2/c1-4-8(7(3)10)6-9(11)5-2/h5-6H,3-4H2,1-2H3/b8-6-,9-5+. The minimum absolute atomic E-state index is 0.306. The molecule has 0 aliphatic heterocycles. The Hall–Kier alpha value is -0.920. The third-order valence-electron chi connectivity index (χ3n) is 1.32. The van der Waals surface area contributed by atoms with Gasteiger partial charge in [0.1, 0.15) is 11.7 Å². The van der Waals surface area contributed by atoms with Crippen molar-refractivity contribution in [2.24, 2.45) is 0 Å². The minimum Gasteiger partial charge on any atom is -0.207 e. The van der Waals surface area contributed by atoms with Gasteiger partial charge in [0.25, 0.3) is 0 Å². The van der Waals surface area contributed by atoms with E-state index in [0.29, 0.717) is 12.0 Å². The van der Waals surface area contributed by atoms with Crippen molar-refractivity contribution in [3.8, 4) is 0 Å². The van der Waals surface area contributed by atoms with Gasteiger partial charge < -0.3 is 0 Å². The molecule has 2 heteroatoms. The molecule has 0 N–H and O–H groups in total. The first-order chi connectivity index (χ1) is 5.11. The first-order valence-corrected chi connectivity index (χ1v) is 3.49. The Kier molecular flexibility index (Phi) is 4.42. The first kappa shape index (κ1) is 10.1. The predicted molar refractivity (Wildman–Crippen MR) is 43.5 cm³/mol. The number of hydrogen-bond donors (Lipinski definition) is 0. The highest BCUT2D eigenvalue weighted by atomic mass is 19.1. The van der Waals surface area contributed by atoms with Crippen molar-refractivity contribution in [3.63, 3.8) is 0 Å². The average Bonchev–Trinajstić information content (AvgIpc) is 1.99. The molecule has 0 aromatic heterocycles. The Morgan fingerprint density at radius 1 is 1.45 bits per heavy atom. The maximum atomic E-state index is 12.5. The molecule has 11 heavy (non-hydrogen) atoms. The highest BCUT2D eigenvalue weighted by molar-refractivity contribution is 5.28. The molecule has 0 aliphatic rings. The van der Waals surface area contributed by atoms with Crippen LogP contribution in [-0.2, 0) is 0 Å². The van der Waals surface area contributed by atoms with Crippen LogP contribution in [0.25, 0.3) is 0 Å². The van der Waals surface area contributed by atoms with Crippen LogP contribution >= 0.6 is 0 Å². The molecule has 0 saturated heterocycles. The molecule has 0 heterocycles. The largest absolute Gasteiger partial charge is 0.207 e. The molecular weight excluding hydrogens is 146 g/mol. The second-order valence-electron chi connectivity index (χ2n) is 2.10. The van der Waals surface area contributed by atoms with Gasteiger partial charge in [-0.05, 0) is 25.0 Å². The van der Waals surface area contributed by atoms with Gasteiger partial charge in [0, 0.05) is 0 Å². The summed E-state index contributed by atoms with van der Waals surface area (Å²) in [6, 6.07) is 0. The van der Waals surface area contributed by atoms with Gasteiger partial charge in [0.2, 0.25) is 0 Å². The number of rotatable bonds is 3. The minimum atomic E-state index is -0.565. The van der Waals surface area contributed by atoms with Crippen LogP contribution in [0.1, 0.15) is 20.3 Å². The molecule has 0 aromatic rings. The highest BCUT2D eigenvalue weighted by Crippen LogP contribution is 2.15. The lowest BCUT2D eigenvalue weighted by atomic mass is 10.1. The van der Waals surface area contributed by atoms with Crippen molar-refractivity contribution in [1.29, 1.82) is 0 Å². The van der Waals surface area contributed by atoms with Crippen LogP contribution in [0, 0.1) is 0 Å². The van der Waals surface area contributed by atoms with Crippen LogP contribution in [-0.4, -0.2) is 0 Å². The lowest BCUT2D eigenvalue weighted by Gasteiger charge is -1.97. The van der Waals surface area contributed by atoms with E-state index in [4.69, 9.17) is 0 Å². The zero-order valence-electron chi connectivity index (χ0n) is 6.82. The van der Waals surface area contributed by atoms with Crippen molar-refractivity contribution >= 4 is 0 Å². The van der Waals surface area contributed by atoms with Crippen molar-refractivity contribution in [2.75, 3.05) is 0 Å². The predicted octanol–water partition coefficient (Wildman–Crippen LogP) is 3.68. The van der Waals surface area contributed by atoms with E-state index in [1.807, 2.05) is 0 Å². The summed E-state index contributed by atoms with van der Waals surface area (Å²) in [6.45, 7) is 6.39. The van der Waals surface area contributed by atoms with Crippen LogP contribution in [0.3, 0.4) is 0 Å². The molecule has 0 radical (unpaired) electrons. The molecule has 0 nitrogen and oxygen atoms in total. The van der Waals surface area contributed by atoms with Crippen molar-refractivity contribution in [1.82, 2.24) is 0 Å². The third kappa shape index (κ3) is 3.71. The van der Waals surface area contributed by atoms with E-state index in [0.717, 1.165) is 6.08 Å². The van der Waals surface area contributed by atoms with Crippen LogP contribution in [0.15, 0.2) is 36.0 Å². The molecule has 0 amide bonds. The SMILES string of the molecule is C=C(F)/C(=C\C(F)=C/C)CC. The smallest absolute Gasteiger partial charge is 0.119 e. The molecule has 0 aromatic carbocycles. The van der Waals surface area contributed by atoms with Gasteiger partial charge in [-0.15, -0.1) is 0 Å². The van der Waals surface area contributed by atoms with Gasteiger partial charge in [0.05, 0.1) is 0 Å². The third-order valence-corrected chi connectivity index (χ3v) is 1.32. The number of allylic oxidation sites excluding steroid dienone is 5. The molecule has 0 rings (SSSR count). The molecule has 0 unspecified atom stereocenters. The van der Waals surface area contributed by atoms with E-state index in [9.17, 15) is 8.78 Å².